The maximum atomic E-state index is 10.8. The third-order valence-corrected chi connectivity index (χ3v) is 2.53. The van der Waals surface area contributed by atoms with E-state index in [0.29, 0.717) is 0 Å². The molecular weight excluding hydrogens is 188 g/mol. The van der Waals surface area contributed by atoms with Gasteiger partial charge in [-0.1, -0.05) is 0 Å². The van der Waals surface area contributed by atoms with E-state index >= 15 is 0 Å². The van der Waals surface area contributed by atoms with E-state index in [2.05, 4.69) is 0 Å². The first-order valence-electron chi connectivity index (χ1n) is 4.64. The lowest BCUT2D eigenvalue weighted by atomic mass is 10.1. The zero-order valence-electron chi connectivity index (χ0n) is 8.39. The molecule has 0 aliphatic carbocycles. The van der Waals surface area contributed by atoms with Crippen LogP contribution in [0.1, 0.15) is 20.8 Å². The number of aliphatic carboxylic acids is 1. The fraction of sp³-hybridized carbons (Fsp3) is 0.889. The maximum absolute atomic E-state index is 10.8. The number of carboxylic acids is 1. The van der Waals surface area contributed by atoms with Gasteiger partial charge < -0.3 is 19.3 Å². The van der Waals surface area contributed by atoms with Crippen molar-refractivity contribution in [2.75, 3.05) is 0 Å². The van der Waals surface area contributed by atoms with Crippen LogP contribution in [0, 0.1) is 0 Å². The first-order chi connectivity index (χ1) is 6.41. The largest absolute Gasteiger partial charge is 0.479 e. The molecule has 2 saturated heterocycles. The molecule has 2 heterocycles. The maximum Gasteiger partial charge on any atom is 0.335 e. The highest BCUT2D eigenvalue weighted by atomic mass is 16.8. The van der Waals surface area contributed by atoms with Crippen molar-refractivity contribution in [1.82, 2.24) is 0 Å². The molecule has 5 nitrogen and oxygen atoms in total. The Morgan fingerprint density at radius 1 is 1.29 bits per heavy atom. The Bertz CT molecular complexity index is 262. The van der Waals surface area contributed by atoms with Crippen molar-refractivity contribution in [2.24, 2.45) is 0 Å². The summed E-state index contributed by atoms with van der Waals surface area (Å²) in [6, 6.07) is 0. The summed E-state index contributed by atoms with van der Waals surface area (Å²) >= 11 is 0. The Balaban J connectivity index is 2.19. The fourth-order valence-electron chi connectivity index (χ4n) is 2.00. The summed E-state index contributed by atoms with van der Waals surface area (Å²) in [5, 5.41) is 8.89. The predicted octanol–water partition coefficient (Wildman–Crippen LogP) is 0.378. The lowest BCUT2D eigenvalue weighted by molar-refractivity contribution is -0.192. The quantitative estimate of drug-likeness (QED) is 0.665. The van der Waals surface area contributed by atoms with Gasteiger partial charge >= 0.3 is 5.97 Å². The van der Waals surface area contributed by atoms with Crippen molar-refractivity contribution >= 4 is 5.97 Å². The minimum atomic E-state index is -0.995. The molecule has 0 radical (unpaired) electrons. The van der Waals surface area contributed by atoms with E-state index in [1.165, 1.54) is 0 Å². The number of hydrogen-bond donors (Lipinski definition) is 1. The molecule has 2 aliphatic heterocycles. The van der Waals surface area contributed by atoms with Crippen LogP contribution in [0.4, 0.5) is 0 Å². The second-order valence-corrected chi connectivity index (χ2v) is 4.16. The average Bonchev–Trinajstić information content (AvgIpc) is 2.47. The van der Waals surface area contributed by atoms with Gasteiger partial charge in [0.05, 0.1) is 6.10 Å². The molecule has 0 aromatic rings. The molecule has 80 valence electrons. The van der Waals surface area contributed by atoms with Gasteiger partial charge in [0.15, 0.2) is 11.9 Å². The van der Waals surface area contributed by atoms with E-state index in [1.54, 1.807) is 20.8 Å². The van der Waals surface area contributed by atoms with Crippen LogP contribution in [0.25, 0.3) is 0 Å². The number of fused-ring (bicyclic) bond motifs is 1. The predicted molar refractivity (Wildman–Crippen MR) is 45.8 cm³/mol. The minimum Gasteiger partial charge on any atom is -0.479 e. The molecule has 0 amide bonds. The number of hydrogen-bond acceptors (Lipinski definition) is 4. The van der Waals surface area contributed by atoms with Crippen molar-refractivity contribution < 1.29 is 24.1 Å². The molecule has 0 bridgehead atoms. The van der Waals surface area contributed by atoms with E-state index in [0.717, 1.165) is 0 Å². The molecule has 0 unspecified atom stereocenters. The van der Waals surface area contributed by atoms with Crippen LogP contribution in [0.3, 0.4) is 0 Å². The van der Waals surface area contributed by atoms with Crippen LogP contribution < -0.4 is 0 Å². The van der Waals surface area contributed by atoms with Gasteiger partial charge in [0.1, 0.15) is 12.2 Å². The zero-order valence-corrected chi connectivity index (χ0v) is 8.39. The lowest BCUT2D eigenvalue weighted by Gasteiger charge is -2.21. The van der Waals surface area contributed by atoms with E-state index in [4.69, 9.17) is 19.3 Å². The average molecular weight is 202 g/mol. The number of ether oxygens (including phenoxy) is 3. The summed E-state index contributed by atoms with van der Waals surface area (Å²) in [4.78, 5) is 10.8. The SMILES string of the molecule is C[C@@H]1O[C@H](C(=O)O)[C@H]2OC(C)(C)O[C@H]21. The summed E-state index contributed by atoms with van der Waals surface area (Å²) in [6.07, 6.45) is -1.90. The lowest BCUT2D eigenvalue weighted by Crippen LogP contribution is -2.35. The number of carbonyl (C=O) groups is 1. The fourth-order valence-corrected chi connectivity index (χ4v) is 2.00. The summed E-state index contributed by atoms with van der Waals surface area (Å²) < 4.78 is 16.3. The Hall–Kier alpha value is -0.650. The van der Waals surface area contributed by atoms with Gasteiger partial charge in [0.2, 0.25) is 0 Å². The van der Waals surface area contributed by atoms with Crippen molar-refractivity contribution in [3.05, 3.63) is 0 Å². The normalized spacial score (nSPS) is 45.1. The van der Waals surface area contributed by atoms with Gasteiger partial charge in [-0.3, -0.25) is 0 Å². The van der Waals surface area contributed by atoms with Gasteiger partial charge in [0, 0.05) is 0 Å². The monoisotopic (exact) mass is 202 g/mol. The van der Waals surface area contributed by atoms with Crippen molar-refractivity contribution in [3.63, 3.8) is 0 Å². The standard InChI is InChI=1S/C9H14O5/c1-4-5-6(7(12-4)8(10)11)14-9(2,3)13-5/h4-7H,1-3H3,(H,10,11)/t4-,5-,6-,7-/m0/s1. The molecule has 2 aliphatic rings. The van der Waals surface area contributed by atoms with Crippen LogP contribution in [0.15, 0.2) is 0 Å². The van der Waals surface area contributed by atoms with Crippen molar-refractivity contribution in [3.8, 4) is 0 Å². The molecule has 0 spiro atoms. The summed E-state index contributed by atoms with van der Waals surface area (Å²) in [6.45, 7) is 5.35. The second-order valence-electron chi connectivity index (χ2n) is 4.16. The van der Waals surface area contributed by atoms with Crippen LogP contribution >= 0.6 is 0 Å². The Morgan fingerprint density at radius 2 is 1.86 bits per heavy atom. The third kappa shape index (κ3) is 1.41. The summed E-state index contributed by atoms with van der Waals surface area (Å²) in [5.41, 5.74) is 0. The van der Waals surface area contributed by atoms with E-state index in [9.17, 15) is 4.79 Å². The molecule has 2 rings (SSSR count). The molecule has 1 N–H and O–H groups in total. The van der Waals surface area contributed by atoms with Crippen molar-refractivity contribution in [2.45, 2.75) is 51.0 Å². The highest BCUT2D eigenvalue weighted by Gasteiger charge is 2.56. The van der Waals surface area contributed by atoms with E-state index in [1.807, 2.05) is 0 Å². The molecule has 0 aromatic carbocycles. The highest BCUT2D eigenvalue weighted by molar-refractivity contribution is 5.73. The Morgan fingerprint density at radius 3 is 2.43 bits per heavy atom. The summed E-state index contributed by atoms with van der Waals surface area (Å²) in [5.74, 6) is -1.70. The molecule has 4 atom stereocenters. The van der Waals surface area contributed by atoms with Gasteiger partial charge in [0.25, 0.3) is 0 Å². The molecule has 0 saturated carbocycles. The third-order valence-electron chi connectivity index (χ3n) is 2.53. The Kier molecular flexibility index (Phi) is 2.06. The van der Waals surface area contributed by atoms with Crippen molar-refractivity contribution in [1.29, 1.82) is 0 Å². The van der Waals surface area contributed by atoms with E-state index in [-0.39, 0.29) is 12.2 Å². The first kappa shape index (κ1) is 9.89. The summed E-state index contributed by atoms with van der Waals surface area (Å²) in [7, 11) is 0. The van der Waals surface area contributed by atoms with Gasteiger partial charge in [-0.15, -0.1) is 0 Å². The van der Waals surface area contributed by atoms with Gasteiger partial charge in [-0.25, -0.2) is 4.79 Å². The minimum absolute atomic E-state index is 0.233. The smallest absolute Gasteiger partial charge is 0.335 e. The highest BCUT2D eigenvalue weighted by Crippen LogP contribution is 2.38. The Labute approximate surface area is 81.9 Å². The topological polar surface area (TPSA) is 65.0 Å². The first-order valence-corrected chi connectivity index (χ1v) is 4.64. The molecule has 5 heteroatoms. The molecule has 14 heavy (non-hydrogen) atoms. The van der Waals surface area contributed by atoms with Crippen LogP contribution in [0.5, 0.6) is 0 Å². The van der Waals surface area contributed by atoms with Crippen LogP contribution in [-0.2, 0) is 19.0 Å². The molecular formula is C9H14O5. The number of rotatable bonds is 1. The van der Waals surface area contributed by atoms with Crippen LogP contribution in [0.2, 0.25) is 0 Å². The molecule has 2 fully saturated rings. The molecule has 0 aromatic heterocycles. The zero-order chi connectivity index (χ0) is 10.5. The number of carboxylic acid groups (broad SMARTS) is 1. The van der Waals surface area contributed by atoms with Crippen LogP contribution in [-0.4, -0.2) is 41.3 Å². The van der Waals surface area contributed by atoms with Gasteiger partial charge in [-0.05, 0) is 20.8 Å². The second kappa shape index (κ2) is 2.92. The van der Waals surface area contributed by atoms with Gasteiger partial charge in [-0.2, -0.15) is 0 Å². The van der Waals surface area contributed by atoms with E-state index < -0.39 is 24.0 Å².